The molecule has 0 spiro atoms. The van der Waals surface area contributed by atoms with Crippen LogP contribution >= 0.6 is 0 Å². The van der Waals surface area contributed by atoms with E-state index in [4.69, 9.17) is 9.84 Å². The molecule has 0 saturated carbocycles. The minimum absolute atomic E-state index is 0.0389. The van der Waals surface area contributed by atoms with Crippen LogP contribution in [0, 0.1) is 0 Å². The second-order valence-corrected chi connectivity index (χ2v) is 1.91. The van der Waals surface area contributed by atoms with Crippen molar-refractivity contribution in [3.63, 3.8) is 0 Å². The third kappa shape index (κ3) is 4.30. The zero-order valence-electron chi connectivity index (χ0n) is 6.12. The third-order valence-electron chi connectivity index (χ3n) is 1.10. The van der Waals surface area contributed by atoms with E-state index >= 15 is 0 Å². The van der Waals surface area contributed by atoms with Crippen LogP contribution < -0.4 is 0 Å². The van der Waals surface area contributed by atoms with Gasteiger partial charge in [0.1, 0.15) is 0 Å². The predicted octanol–water partition coefficient (Wildman–Crippen LogP) is 1.13. The van der Waals surface area contributed by atoms with Crippen LogP contribution in [0.4, 0.5) is 0 Å². The summed E-state index contributed by atoms with van der Waals surface area (Å²) in [6.07, 6.45) is 3.92. The van der Waals surface area contributed by atoms with Crippen LogP contribution in [-0.2, 0) is 4.74 Å². The Morgan fingerprint density at radius 3 is 2.60 bits per heavy atom. The standard InChI is InChI=1S/C8H14O2/c1-3-7-10-8(4-2)5-6-9/h3-4,8-9H,1-2,5-7H2/t8-/m1/s1. The van der Waals surface area contributed by atoms with E-state index in [1.165, 1.54) is 0 Å². The molecular weight excluding hydrogens is 128 g/mol. The van der Waals surface area contributed by atoms with Crippen LogP contribution in [0.15, 0.2) is 25.3 Å². The summed E-state index contributed by atoms with van der Waals surface area (Å²) >= 11 is 0. The molecule has 1 N–H and O–H groups in total. The predicted molar refractivity (Wildman–Crippen MR) is 41.8 cm³/mol. The molecule has 10 heavy (non-hydrogen) atoms. The summed E-state index contributed by atoms with van der Waals surface area (Å²) in [6.45, 7) is 7.71. The summed E-state index contributed by atoms with van der Waals surface area (Å²) in [5.74, 6) is 0. The molecular formula is C8H14O2. The van der Waals surface area contributed by atoms with Crippen molar-refractivity contribution in [3.05, 3.63) is 25.3 Å². The number of hydrogen-bond acceptors (Lipinski definition) is 2. The number of aliphatic hydroxyl groups is 1. The Balaban J connectivity index is 3.38. The van der Waals surface area contributed by atoms with Gasteiger partial charge < -0.3 is 9.84 Å². The largest absolute Gasteiger partial charge is 0.396 e. The molecule has 2 nitrogen and oxygen atoms in total. The molecule has 0 radical (unpaired) electrons. The molecule has 0 aromatic carbocycles. The first-order valence-corrected chi connectivity index (χ1v) is 3.31. The lowest BCUT2D eigenvalue weighted by Crippen LogP contribution is -2.11. The molecule has 0 aromatic rings. The van der Waals surface area contributed by atoms with Gasteiger partial charge in [0.05, 0.1) is 12.7 Å². The molecule has 0 unspecified atom stereocenters. The first-order chi connectivity index (χ1) is 4.85. The third-order valence-corrected chi connectivity index (χ3v) is 1.10. The Bertz CT molecular complexity index is 99.4. The van der Waals surface area contributed by atoms with Gasteiger partial charge in [-0.2, -0.15) is 0 Å². The van der Waals surface area contributed by atoms with Gasteiger partial charge in [0, 0.05) is 13.0 Å². The average molecular weight is 142 g/mol. The molecule has 0 aliphatic rings. The van der Waals surface area contributed by atoms with E-state index < -0.39 is 0 Å². The van der Waals surface area contributed by atoms with Crippen molar-refractivity contribution < 1.29 is 9.84 Å². The van der Waals surface area contributed by atoms with Gasteiger partial charge >= 0.3 is 0 Å². The maximum absolute atomic E-state index is 8.51. The molecule has 58 valence electrons. The van der Waals surface area contributed by atoms with Gasteiger partial charge in [0.25, 0.3) is 0 Å². The van der Waals surface area contributed by atoms with Crippen LogP contribution in [-0.4, -0.2) is 24.4 Å². The maximum atomic E-state index is 8.51. The van der Waals surface area contributed by atoms with E-state index in [2.05, 4.69) is 13.2 Å². The highest BCUT2D eigenvalue weighted by atomic mass is 16.5. The maximum Gasteiger partial charge on any atom is 0.0779 e. The van der Waals surface area contributed by atoms with Crippen LogP contribution in [0.3, 0.4) is 0 Å². The highest BCUT2D eigenvalue weighted by Gasteiger charge is 1.99. The van der Waals surface area contributed by atoms with Gasteiger partial charge in [-0.25, -0.2) is 0 Å². The second kappa shape index (κ2) is 6.52. The van der Waals surface area contributed by atoms with E-state index in [0.717, 1.165) is 0 Å². The normalized spacial score (nSPS) is 12.5. The second-order valence-electron chi connectivity index (χ2n) is 1.91. The first-order valence-electron chi connectivity index (χ1n) is 3.31. The summed E-state index contributed by atoms with van der Waals surface area (Å²) in [6, 6.07) is 0. The van der Waals surface area contributed by atoms with Crippen molar-refractivity contribution in [2.75, 3.05) is 13.2 Å². The molecule has 1 atom stereocenters. The van der Waals surface area contributed by atoms with Crippen molar-refractivity contribution >= 4 is 0 Å². The SMILES string of the molecule is C=CCO[C@H](C=C)CCO. The lowest BCUT2D eigenvalue weighted by atomic mass is 10.2. The molecule has 0 rings (SSSR count). The minimum Gasteiger partial charge on any atom is -0.396 e. The number of hydrogen-bond donors (Lipinski definition) is 1. The zero-order valence-corrected chi connectivity index (χ0v) is 6.12. The fourth-order valence-electron chi connectivity index (χ4n) is 0.588. The van der Waals surface area contributed by atoms with Gasteiger partial charge in [-0.1, -0.05) is 12.2 Å². The molecule has 0 bridgehead atoms. The number of ether oxygens (including phenoxy) is 1. The van der Waals surface area contributed by atoms with Gasteiger partial charge in [0.2, 0.25) is 0 Å². The van der Waals surface area contributed by atoms with Crippen molar-refractivity contribution in [2.45, 2.75) is 12.5 Å². The molecule has 0 heterocycles. The minimum atomic E-state index is -0.0389. The Labute approximate surface area is 61.8 Å². The summed E-state index contributed by atoms with van der Waals surface area (Å²) in [5, 5.41) is 8.51. The lowest BCUT2D eigenvalue weighted by Gasteiger charge is -2.09. The molecule has 0 saturated heterocycles. The zero-order chi connectivity index (χ0) is 7.82. The van der Waals surface area contributed by atoms with Gasteiger partial charge in [-0.05, 0) is 0 Å². The molecule has 0 aromatic heterocycles. The molecule has 0 aliphatic heterocycles. The van der Waals surface area contributed by atoms with E-state index in [-0.39, 0.29) is 12.7 Å². The van der Waals surface area contributed by atoms with E-state index in [1.807, 2.05) is 0 Å². The van der Waals surface area contributed by atoms with E-state index in [0.29, 0.717) is 13.0 Å². The van der Waals surface area contributed by atoms with Crippen molar-refractivity contribution in [1.29, 1.82) is 0 Å². The van der Waals surface area contributed by atoms with E-state index in [1.54, 1.807) is 12.2 Å². The summed E-state index contributed by atoms with van der Waals surface area (Å²) < 4.78 is 5.18. The Morgan fingerprint density at radius 1 is 1.50 bits per heavy atom. The van der Waals surface area contributed by atoms with Crippen LogP contribution in [0.1, 0.15) is 6.42 Å². The first kappa shape index (κ1) is 9.40. The van der Waals surface area contributed by atoms with Crippen molar-refractivity contribution in [2.24, 2.45) is 0 Å². The fourth-order valence-corrected chi connectivity index (χ4v) is 0.588. The molecule has 2 heteroatoms. The number of aliphatic hydroxyl groups excluding tert-OH is 1. The fraction of sp³-hybridized carbons (Fsp3) is 0.500. The van der Waals surface area contributed by atoms with Crippen LogP contribution in [0.5, 0.6) is 0 Å². The topological polar surface area (TPSA) is 29.5 Å². The van der Waals surface area contributed by atoms with Crippen LogP contribution in [0.25, 0.3) is 0 Å². The van der Waals surface area contributed by atoms with E-state index in [9.17, 15) is 0 Å². The Hall–Kier alpha value is -0.600. The Morgan fingerprint density at radius 2 is 2.20 bits per heavy atom. The van der Waals surface area contributed by atoms with Gasteiger partial charge in [0.15, 0.2) is 0 Å². The summed E-state index contributed by atoms with van der Waals surface area (Å²) in [5.41, 5.74) is 0. The Kier molecular flexibility index (Phi) is 6.13. The monoisotopic (exact) mass is 142 g/mol. The van der Waals surface area contributed by atoms with Crippen molar-refractivity contribution in [1.82, 2.24) is 0 Å². The van der Waals surface area contributed by atoms with Crippen molar-refractivity contribution in [3.8, 4) is 0 Å². The van der Waals surface area contributed by atoms with Gasteiger partial charge in [-0.3, -0.25) is 0 Å². The van der Waals surface area contributed by atoms with Crippen LogP contribution in [0.2, 0.25) is 0 Å². The lowest BCUT2D eigenvalue weighted by molar-refractivity contribution is 0.0867. The summed E-state index contributed by atoms with van der Waals surface area (Å²) in [4.78, 5) is 0. The average Bonchev–Trinajstić information content (AvgIpc) is 1.98. The summed E-state index contributed by atoms with van der Waals surface area (Å²) in [7, 11) is 0. The van der Waals surface area contributed by atoms with Gasteiger partial charge in [-0.15, -0.1) is 13.2 Å². The quantitative estimate of drug-likeness (QED) is 0.563. The molecule has 0 aliphatic carbocycles. The smallest absolute Gasteiger partial charge is 0.0779 e. The number of rotatable bonds is 6. The molecule has 0 amide bonds. The molecule has 0 fully saturated rings. The highest BCUT2D eigenvalue weighted by Crippen LogP contribution is 1.97. The highest BCUT2D eigenvalue weighted by molar-refractivity contribution is 4.80.